The Bertz CT molecular complexity index is 1060. The molecule has 25 heavy (non-hydrogen) atoms. The normalized spacial score (nSPS) is 10.0. The van der Waals surface area contributed by atoms with Crippen molar-refractivity contribution in [3.63, 3.8) is 0 Å². The number of fused-ring (bicyclic) bond motifs is 1. The van der Waals surface area contributed by atoms with Crippen LogP contribution in [-0.4, -0.2) is 25.1 Å². The molecule has 4 rings (SSSR count). The van der Waals surface area contributed by atoms with Crippen molar-refractivity contribution in [3.05, 3.63) is 60.4 Å². The SMILES string of the molecule is C.N#Cc1ccccc1-c1ncnc(Nc2n[nH]c3ccccc23)n1. The van der Waals surface area contributed by atoms with Crippen LogP contribution in [0.25, 0.3) is 22.3 Å². The Kier molecular flexibility index (Phi) is 4.35. The molecule has 122 valence electrons. The molecule has 0 saturated heterocycles. The fourth-order valence-corrected chi connectivity index (χ4v) is 2.43. The van der Waals surface area contributed by atoms with Crippen molar-refractivity contribution in [1.82, 2.24) is 25.1 Å². The number of H-pyrrole nitrogens is 1. The number of rotatable bonds is 3. The lowest BCUT2D eigenvalue weighted by atomic mass is 10.1. The van der Waals surface area contributed by atoms with Gasteiger partial charge >= 0.3 is 0 Å². The van der Waals surface area contributed by atoms with Crippen molar-refractivity contribution < 1.29 is 0 Å². The van der Waals surface area contributed by atoms with Gasteiger partial charge in [-0.1, -0.05) is 31.7 Å². The van der Waals surface area contributed by atoms with Crippen LogP contribution >= 0.6 is 0 Å². The molecular formula is C18H15N7. The highest BCUT2D eigenvalue weighted by atomic mass is 15.2. The molecule has 0 amide bonds. The van der Waals surface area contributed by atoms with Crippen LogP contribution in [-0.2, 0) is 0 Å². The molecule has 2 N–H and O–H groups in total. The Balaban J connectivity index is 0.00000182. The van der Waals surface area contributed by atoms with Gasteiger partial charge in [0.25, 0.3) is 0 Å². The van der Waals surface area contributed by atoms with Crippen LogP contribution in [0.3, 0.4) is 0 Å². The molecule has 0 fully saturated rings. The maximum atomic E-state index is 9.22. The molecular weight excluding hydrogens is 314 g/mol. The van der Waals surface area contributed by atoms with E-state index >= 15 is 0 Å². The Morgan fingerprint density at radius 2 is 1.80 bits per heavy atom. The first kappa shape index (κ1) is 16.1. The van der Waals surface area contributed by atoms with Gasteiger partial charge in [-0.2, -0.15) is 15.3 Å². The highest BCUT2D eigenvalue weighted by Gasteiger charge is 2.10. The topological polar surface area (TPSA) is 103 Å². The molecule has 0 atom stereocenters. The first-order chi connectivity index (χ1) is 11.8. The summed E-state index contributed by atoms with van der Waals surface area (Å²) in [4.78, 5) is 12.7. The number of anilines is 2. The maximum absolute atomic E-state index is 9.22. The van der Waals surface area contributed by atoms with E-state index in [1.165, 1.54) is 6.33 Å². The average Bonchev–Trinajstić information content (AvgIpc) is 3.05. The van der Waals surface area contributed by atoms with Crippen LogP contribution in [0.2, 0.25) is 0 Å². The molecule has 0 aliphatic heterocycles. The number of aromatic nitrogens is 5. The third kappa shape index (κ3) is 3.01. The predicted molar refractivity (Wildman–Crippen MR) is 96.1 cm³/mol. The van der Waals surface area contributed by atoms with E-state index in [1.54, 1.807) is 12.1 Å². The third-order valence-corrected chi connectivity index (χ3v) is 3.56. The van der Waals surface area contributed by atoms with E-state index in [-0.39, 0.29) is 7.43 Å². The zero-order valence-corrected chi connectivity index (χ0v) is 12.4. The van der Waals surface area contributed by atoms with Crippen molar-refractivity contribution in [2.45, 2.75) is 7.43 Å². The van der Waals surface area contributed by atoms with Crippen molar-refractivity contribution in [2.75, 3.05) is 5.32 Å². The van der Waals surface area contributed by atoms with E-state index in [0.29, 0.717) is 28.7 Å². The second-order valence-electron chi connectivity index (χ2n) is 5.03. The van der Waals surface area contributed by atoms with Crippen LogP contribution < -0.4 is 5.32 Å². The molecule has 2 aromatic carbocycles. The molecule has 0 bridgehead atoms. The smallest absolute Gasteiger partial charge is 0.231 e. The van der Waals surface area contributed by atoms with Gasteiger partial charge < -0.3 is 5.32 Å². The van der Waals surface area contributed by atoms with Crippen molar-refractivity contribution in [2.24, 2.45) is 0 Å². The summed E-state index contributed by atoms with van der Waals surface area (Å²) in [7, 11) is 0. The third-order valence-electron chi connectivity index (χ3n) is 3.56. The summed E-state index contributed by atoms with van der Waals surface area (Å²) >= 11 is 0. The Morgan fingerprint density at radius 3 is 2.68 bits per heavy atom. The fraction of sp³-hybridized carbons (Fsp3) is 0.0556. The summed E-state index contributed by atoms with van der Waals surface area (Å²) in [5.74, 6) is 1.44. The van der Waals surface area contributed by atoms with Gasteiger partial charge in [0.15, 0.2) is 11.6 Å². The summed E-state index contributed by atoms with van der Waals surface area (Å²) in [6, 6.07) is 17.1. The molecule has 0 aliphatic rings. The lowest BCUT2D eigenvalue weighted by Crippen LogP contribution is -2.01. The van der Waals surface area contributed by atoms with Gasteiger partial charge in [-0.05, 0) is 24.3 Å². The van der Waals surface area contributed by atoms with Crippen LogP contribution in [0.1, 0.15) is 13.0 Å². The number of benzene rings is 2. The number of nitriles is 1. The van der Waals surface area contributed by atoms with E-state index in [9.17, 15) is 5.26 Å². The average molecular weight is 329 g/mol. The number of hydrogen-bond donors (Lipinski definition) is 2. The molecule has 0 radical (unpaired) electrons. The van der Waals surface area contributed by atoms with Crippen molar-refractivity contribution in [1.29, 1.82) is 5.26 Å². The van der Waals surface area contributed by atoms with Gasteiger partial charge in [-0.25, -0.2) is 9.97 Å². The summed E-state index contributed by atoms with van der Waals surface area (Å²) in [5, 5.41) is 20.4. The molecule has 0 unspecified atom stereocenters. The number of hydrogen-bond acceptors (Lipinski definition) is 6. The van der Waals surface area contributed by atoms with E-state index in [2.05, 4.69) is 36.5 Å². The largest absolute Gasteiger partial charge is 0.307 e. The molecule has 7 nitrogen and oxygen atoms in total. The summed E-state index contributed by atoms with van der Waals surface area (Å²) in [6.45, 7) is 0. The summed E-state index contributed by atoms with van der Waals surface area (Å²) in [6.07, 6.45) is 1.41. The molecule has 0 spiro atoms. The molecule has 4 aromatic rings. The minimum Gasteiger partial charge on any atom is -0.307 e. The van der Waals surface area contributed by atoms with Crippen molar-refractivity contribution in [3.8, 4) is 17.5 Å². The van der Waals surface area contributed by atoms with Gasteiger partial charge in [-0.3, -0.25) is 5.10 Å². The lowest BCUT2D eigenvalue weighted by Gasteiger charge is -2.05. The Hall–Kier alpha value is -3.79. The molecule has 0 aliphatic carbocycles. The van der Waals surface area contributed by atoms with Gasteiger partial charge in [0.2, 0.25) is 5.95 Å². The Morgan fingerprint density at radius 1 is 1.00 bits per heavy atom. The second kappa shape index (κ2) is 6.76. The zero-order chi connectivity index (χ0) is 16.4. The zero-order valence-electron chi connectivity index (χ0n) is 12.4. The van der Waals surface area contributed by atoms with Crippen LogP contribution in [0.15, 0.2) is 54.9 Å². The standard InChI is InChI=1S/C17H11N7.CH4/c18-9-11-5-1-2-6-12(11)15-19-10-20-17(21-15)22-16-13-7-3-4-8-14(13)23-24-16;/h1-8,10H,(H2,19,20,21,22,23,24);1H4. The van der Waals surface area contributed by atoms with Gasteiger partial charge in [0, 0.05) is 10.9 Å². The minimum atomic E-state index is 0. The van der Waals surface area contributed by atoms with Crippen LogP contribution in [0.5, 0.6) is 0 Å². The van der Waals surface area contributed by atoms with Crippen LogP contribution in [0.4, 0.5) is 11.8 Å². The molecule has 2 heterocycles. The fourth-order valence-electron chi connectivity index (χ4n) is 2.43. The number of nitrogens with zero attached hydrogens (tertiary/aromatic N) is 5. The van der Waals surface area contributed by atoms with Crippen molar-refractivity contribution >= 4 is 22.7 Å². The minimum absolute atomic E-state index is 0. The second-order valence-corrected chi connectivity index (χ2v) is 5.03. The highest BCUT2D eigenvalue weighted by molar-refractivity contribution is 5.90. The van der Waals surface area contributed by atoms with E-state index in [4.69, 9.17) is 0 Å². The molecule has 2 aromatic heterocycles. The lowest BCUT2D eigenvalue weighted by molar-refractivity contribution is 1.05. The van der Waals surface area contributed by atoms with E-state index in [1.807, 2.05) is 36.4 Å². The first-order valence-electron chi connectivity index (χ1n) is 7.24. The first-order valence-corrected chi connectivity index (χ1v) is 7.24. The number of aromatic amines is 1. The number of nitrogens with one attached hydrogen (secondary N) is 2. The highest BCUT2D eigenvalue weighted by Crippen LogP contribution is 2.23. The van der Waals surface area contributed by atoms with Gasteiger partial charge in [0.1, 0.15) is 6.33 Å². The van der Waals surface area contributed by atoms with Crippen LogP contribution in [0, 0.1) is 11.3 Å². The maximum Gasteiger partial charge on any atom is 0.231 e. The van der Waals surface area contributed by atoms with Gasteiger partial charge in [0.05, 0.1) is 17.1 Å². The molecule has 0 saturated carbocycles. The Labute approximate surface area is 144 Å². The molecule has 7 heteroatoms. The summed E-state index contributed by atoms with van der Waals surface area (Å²) in [5.41, 5.74) is 2.10. The number of para-hydroxylation sites is 1. The monoisotopic (exact) mass is 329 g/mol. The van der Waals surface area contributed by atoms with E-state index < -0.39 is 0 Å². The summed E-state index contributed by atoms with van der Waals surface area (Å²) < 4.78 is 0. The van der Waals surface area contributed by atoms with E-state index in [0.717, 1.165) is 10.9 Å². The van der Waals surface area contributed by atoms with Gasteiger partial charge in [-0.15, -0.1) is 0 Å². The quantitative estimate of drug-likeness (QED) is 0.594. The predicted octanol–water partition coefficient (Wildman–Crippen LogP) is 3.67.